The highest BCUT2D eigenvalue weighted by molar-refractivity contribution is 9.09. The molecule has 3 unspecified atom stereocenters. The van der Waals surface area contributed by atoms with Crippen molar-refractivity contribution >= 4 is 15.9 Å². The van der Waals surface area contributed by atoms with Crippen LogP contribution in [-0.2, 0) is 0 Å². The van der Waals surface area contributed by atoms with Gasteiger partial charge in [0.25, 0.3) is 0 Å². The van der Waals surface area contributed by atoms with E-state index in [2.05, 4.69) is 15.9 Å². The first kappa shape index (κ1) is 10.1. The van der Waals surface area contributed by atoms with Gasteiger partial charge in [0.2, 0.25) is 0 Å². The van der Waals surface area contributed by atoms with Gasteiger partial charge in [-0.3, -0.25) is 0 Å². The maximum atomic E-state index is 13.1. The molecule has 1 saturated carbocycles. The van der Waals surface area contributed by atoms with Crippen LogP contribution >= 0.6 is 15.9 Å². The zero-order chi connectivity index (χ0) is 10.3. The van der Waals surface area contributed by atoms with Gasteiger partial charge in [0, 0.05) is 10.2 Å². The first-order valence-electron chi connectivity index (χ1n) is 4.57. The van der Waals surface area contributed by atoms with Gasteiger partial charge < -0.3 is 0 Å². The summed E-state index contributed by atoms with van der Waals surface area (Å²) in [6.45, 7) is 1.90. The molecule has 0 aromatic heterocycles. The lowest BCUT2D eigenvalue weighted by Gasteiger charge is -2.17. The second-order valence-corrected chi connectivity index (χ2v) is 5.01. The Balaban J connectivity index is 2.20. The second-order valence-electron chi connectivity index (χ2n) is 4.09. The number of benzene rings is 1. The van der Waals surface area contributed by atoms with E-state index >= 15 is 0 Å². The fourth-order valence-electron chi connectivity index (χ4n) is 1.60. The van der Waals surface area contributed by atoms with Gasteiger partial charge in [0.15, 0.2) is 0 Å². The summed E-state index contributed by atoms with van der Waals surface area (Å²) in [6, 6.07) is 6.21. The highest BCUT2D eigenvalue weighted by Crippen LogP contribution is 2.60. The SMILES string of the molecule is CC1(C(Br)c2ccc(F)cc2)CC1F. The minimum atomic E-state index is -0.739. The third-order valence-electron chi connectivity index (χ3n) is 2.92. The molecule has 76 valence electrons. The van der Waals surface area contributed by atoms with Crippen molar-refractivity contribution in [2.45, 2.75) is 24.3 Å². The highest BCUT2D eigenvalue weighted by atomic mass is 79.9. The summed E-state index contributed by atoms with van der Waals surface area (Å²) in [6.07, 6.45) is -0.155. The maximum Gasteiger partial charge on any atom is 0.123 e. The average molecular weight is 261 g/mol. The molecule has 14 heavy (non-hydrogen) atoms. The van der Waals surface area contributed by atoms with E-state index in [1.54, 1.807) is 12.1 Å². The van der Waals surface area contributed by atoms with Crippen LogP contribution < -0.4 is 0 Å². The Morgan fingerprint density at radius 2 is 1.93 bits per heavy atom. The van der Waals surface area contributed by atoms with Crippen molar-refractivity contribution in [2.24, 2.45) is 5.41 Å². The molecule has 0 N–H and O–H groups in total. The lowest BCUT2D eigenvalue weighted by Crippen LogP contribution is -2.07. The Labute approximate surface area is 90.4 Å². The van der Waals surface area contributed by atoms with Gasteiger partial charge in [0.1, 0.15) is 12.0 Å². The normalized spacial score (nSPS) is 32.7. The van der Waals surface area contributed by atoms with Crippen LogP contribution in [0.25, 0.3) is 0 Å². The first-order chi connectivity index (χ1) is 6.54. The summed E-state index contributed by atoms with van der Waals surface area (Å²) >= 11 is 3.47. The lowest BCUT2D eigenvalue weighted by molar-refractivity contribution is 0.375. The minimum Gasteiger partial charge on any atom is -0.247 e. The van der Waals surface area contributed by atoms with E-state index in [4.69, 9.17) is 0 Å². The van der Waals surface area contributed by atoms with Crippen molar-refractivity contribution in [3.05, 3.63) is 35.6 Å². The van der Waals surface area contributed by atoms with E-state index in [9.17, 15) is 8.78 Å². The molecule has 1 aliphatic rings. The third-order valence-corrected chi connectivity index (χ3v) is 4.49. The molecule has 1 aromatic rings. The fraction of sp³-hybridized carbons (Fsp3) is 0.455. The topological polar surface area (TPSA) is 0 Å². The van der Waals surface area contributed by atoms with Gasteiger partial charge >= 0.3 is 0 Å². The molecular formula is C11H11BrF2. The van der Waals surface area contributed by atoms with E-state index in [1.807, 2.05) is 6.92 Å². The summed E-state index contributed by atoms with van der Waals surface area (Å²) in [7, 11) is 0. The molecule has 0 heterocycles. The van der Waals surface area contributed by atoms with Crippen LogP contribution in [-0.4, -0.2) is 6.17 Å². The largest absolute Gasteiger partial charge is 0.247 e. The van der Waals surface area contributed by atoms with Gasteiger partial charge in [-0.25, -0.2) is 8.78 Å². The quantitative estimate of drug-likeness (QED) is 0.705. The Kier molecular flexibility index (Phi) is 2.38. The van der Waals surface area contributed by atoms with E-state index in [0.717, 1.165) is 5.56 Å². The number of rotatable bonds is 2. The highest BCUT2D eigenvalue weighted by Gasteiger charge is 2.55. The Morgan fingerprint density at radius 1 is 1.43 bits per heavy atom. The van der Waals surface area contributed by atoms with Gasteiger partial charge in [-0.2, -0.15) is 0 Å². The van der Waals surface area contributed by atoms with Crippen LogP contribution in [0, 0.1) is 11.2 Å². The number of alkyl halides is 2. The van der Waals surface area contributed by atoms with Gasteiger partial charge in [-0.05, 0) is 24.1 Å². The molecule has 3 heteroatoms. The molecule has 2 rings (SSSR count). The molecule has 1 aliphatic carbocycles. The maximum absolute atomic E-state index is 13.1. The molecule has 0 aliphatic heterocycles. The Morgan fingerprint density at radius 3 is 2.36 bits per heavy atom. The van der Waals surface area contributed by atoms with Crippen molar-refractivity contribution in [3.8, 4) is 0 Å². The standard InChI is InChI=1S/C11H11BrF2/c1-11(6-9(11)14)10(12)7-2-4-8(13)5-3-7/h2-5,9-10H,6H2,1H3. The number of hydrogen-bond acceptors (Lipinski definition) is 0. The van der Waals surface area contributed by atoms with E-state index < -0.39 is 6.17 Å². The van der Waals surface area contributed by atoms with Crippen LogP contribution in [0.4, 0.5) is 8.78 Å². The van der Waals surface area contributed by atoms with Crippen molar-refractivity contribution in [1.82, 2.24) is 0 Å². The van der Waals surface area contributed by atoms with Gasteiger partial charge in [-0.1, -0.05) is 35.0 Å². The molecule has 0 spiro atoms. The van der Waals surface area contributed by atoms with Gasteiger partial charge in [0.05, 0.1) is 0 Å². The van der Waals surface area contributed by atoms with Crippen molar-refractivity contribution in [2.75, 3.05) is 0 Å². The van der Waals surface area contributed by atoms with Gasteiger partial charge in [-0.15, -0.1) is 0 Å². The van der Waals surface area contributed by atoms with Crippen molar-refractivity contribution < 1.29 is 8.78 Å². The van der Waals surface area contributed by atoms with Crippen LogP contribution in [0.3, 0.4) is 0 Å². The second kappa shape index (κ2) is 3.30. The van der Waals surface area contributed by atoms with E-state index in [-0.39, 0.29) is 16.1 Å². The monoisotopic (exact) mass is 260 g/mol. The average Bonchev–Trinajstić information content (AvgIpc) is 2.76. The minimum absolute atomic E-state index is 0.0226. The lowest BCUT2D eigenvalue weighted by atomic mass is 9.98. The van der Waals surface area contributed by atoms with Crippen LogP contribution in [0.1, 0.15) is 23.7 Å². The summed E-state index contributed by atoms with van der Waals surface area (Å²) in [5.41, 5.74) is 0.631. The zero-order valence-corrected chi connectivity index (χ0v) is 9.39. The molecule has 0 saturated heterocycles. The number of halogens is 3. The fourth-order valence-corrected chi connectivity index (χ4v) is 2.38. The zero-order valence-electron chi connectivity index (χ0n) is 7.81. The van der Waals surface area contributed by atoms with E-state index in [1.165, 1.54) is 12.1 Å². The van der Waals surface area contributed by atoms with Crippen LogP contribution in [0.2, 0.25) is 0 Å². The molecule has 0 bridgehead atoms. The van der Waals surface area contributed by atoms with E-state index in [0.29, 0.717) is 6.42 Å². The van der Waals surface area contributed by atoms with Crippen molar-refractivity contribution in [3.63, 3.8) is 0 Å². The molecule has 0 amide bonds. The number of hydrogen-bond donors (Lipinski definition) is 0. The third kappa shape index (κ3) is 1.58. The Bertz CT molecular complexity index is 336. The van der Waals surface area contributed by atoms with Crippen LogP contribution in [0.5, 0.6) is 0 Å². The summed E-state index contributed by atoms with van der Waals surface area (Å²) in [5.74, 6) is -0.258. The first-order valence-corrected chi connectivity index (χ1v) is 5.49. The molecule has 0 radical (unpaired) electrons. The summed E-state index contributed by atoms with van der Waals surface area (Å²) in [5, 5.41) is 0. The predicted octanol–water partition coefficient (Wildman–Crippen LogP) is 4.01. The predicted molar refractivity (Wildman–Crippen MR) is 55.7 cm³/mol. The van der Waals surface area contributed by atoms with Crippen LogP contribution in [0.15, 0.2) is 24.3 Å². The molecular weight excluding hydrogens is 250 g/mol. The summed E-state index contributed by atoms with van der Waals surface area (Å²) in [4.78, 5) is -0.0226. The molecule has 1 aromatic carbocycles. The smallest absolute Gasteiger partial charge is 0.123 e. The molecule has 0 nitrogen and oxygen atoms in total. The Hall–Kier alpha value is -0.440. The summed E-state index contributed by atoms with van der Waals surface area (Å²) < 4.78 is 25.7. The molecule has 1 fully saturated rings. The molecule has 3 atom stereocenters. The van der Waals surface area contributed by atoms with Crippen molar-refractivity contribution in [1.29, 1.82) is 0 Å².